The van der Waals surface area contributed by atoms with Crippen LogP contribution in [0, 0.1) is 0 Å². The van der Waals surface area contributed by atoms with E-state index in [-0.39, 0.29) is 0 Å². The van der Waals surface area contributed by atoms with Crippen LogP contribution in [0.4, 0.5) is 0 Å². The van der Waals surface area contributed by atoms with Gasteiger partial charge in [0.25, 0.3) is 0 Å². The van der Waals surface area contributed by atoms with E-state index < -0.39 is 0 Å². The average Bonchev–Trinajstić information content (AvgIpc) is 3.15. The van der Waals surface area contributed by atoms with Gasteiger partial charge in [-0.15, -0.1) is 10.2 Å². The lowest BCUT2D eigenvalue weighted by Gasteiger charge is -2.11. The molecule has 0 unspecified atom stereocenters. The van der Waals surface area contributed by atoms with E-state index in [4.69, 9.17) is 9.47 Å². The lowest BCUT2D eigenvalue weighted by Crippen LogP contribution is -2.03. The summed E-state index contributed by atoms with van der Waals surface area (Å²) in [6.07, 6.45) is 5.60. The Morgan fingerprint density at radius 1 is 1.04 bits per heavy atom. The topological polar surface area (TPSA) is 61.5 Å². The number of ether oxygens (including phenoxy) is 2. The summed E-state index contributed by atoms with van der Waals surface area (Å²) in [6.45, 7) is 0.592. The van der Waals surface area contributed by atoms with Crippen molar-refractivity contribution in [1.29, 1.82) is 0 Å². The molecule has 0 fully saturated rings. The highest BCUT2D eigenvalue weighted by Gasteiger charge is 2.05. The summed E-state index contributed by atoms with van der Waals surface area (Å²) in [7, 11) is 1.63. The molecular formula is C18H18N4O2. The molecular weight excluding hydrogens is 304 g/mol. The van der Waals surface area contributed by atoms with Crippen LogP contribution in [0.3, 0.4) is 0 Å². The van der Waals surface area contributed by atoms with E-state index in [1.807, 2.05) is 36.4 Å². The second-order valence-corrected chi connectivity index (χ2v) is 5.08. The van der Waals surface area contributed by atoms with E-state index in [1.165, 1.54) is 22.9 Å². The van der Waals surface area contributed by atoms with E-state index in [1.54, 1.807) is 13.3 Å². The van der Waals surface area contributed by atoms with E-state index in [2.05, 4.69) is 27.4 Å². The first-order chi connectivity index (χ1) is 11.8. The lowest BCUT2D eigenvalue weighted by atomic mass is 10.2. The van der Waals surface area contributed by atoms with Gasteiger partial charge in [-0.2, -0.15) is 5.10 Å². The van der Waals surface area contributed by atoms with Crippen molar-refractivity contribution in [3.05, 3.63) is 72.3 Å². The largest absolute Gasteiger partial charge is 0.493 e. The summed E-state index contributed by atoms with van der Waals surface area (Å²) in [4.78, 5) is 0. The molecule has 0 spiro atoms. The highest BCUT2D eigenvalue weighted by molar-refractivity contribution is 5.80. The molecule has 3 aromatic rings. The number of benzene rings is 2. The fraction of sp³-hybridized carbons (Fsp3) is 0.167. The molecule has 1 heterocycles. The minimum Gasteiger partial charge on any atom is -0.493 e. The molecule has 0 saturated carbocycles. The monoisotopic (exact) mass is 322 g/mol. The normalized spacial score (nSPS) is 10.9. The van der Waals surface area contributed by atoms with E-state index in [9.17, 15) is 0 Å². The van der Waals surface area contributed by atoms with Crippen molar-refractivity contribution < 1.29 is 9.47 Å². The summed E-state index contributed by atoms with van der Waals surface area (Å²) < 4.78 is 12.8. The van der Waals surface area contributed by atoms with Crippen molar-refractivity contribution in [1.82, 2.24) is 14.9 Å². The van der Waals surface area contributed by atoms with Gasteiger partial charge in [-0.3, -0.25) is 0 Å². The van der Waals surface area contributed by atoms with Gasteiger partial charge in [-0.1, -0.05) is 30.3 Å². The molecule has 3 rings (SSSR count). The second-order valence-electron chi connectivity index (χ2n) is 5.08. The Bertz CT molecular complexity index is 786. The van der Waals surface area contributed by atoms with Crippen LogP contribution >= 0.6 is 0 Å². The maximum Gasteiger partial charge on any atom is 0.161 e. The van der Waals surface area contributed by atoms with Crippen LogP contribution in [-0.4, -0.2) is 34.8 Å². The predicted octanol–water partition coefficient (Wildman–Crippen LogP) is 2.79. The first kappa shape index (κ1) is 15.7. The van der Waals surface area contributed by atoms with Gasteiger partial charge in [0.2, 0.25) is 0 Å². The SMILES string of the molecule is COc1cc(/C=N/n2cnnc2)ccc1OCCc1ccccc1. The summed E-state index contributed by atoms with van der Waals surface area (Å²) in [6, 6.07) is 15.9. The molecule has 6 nitrogen and oxygen atoms in total. The summed E-state index contributed by atoms with van der Waals surface area (Å²) in [5, 5.41) is 11.6. The molecule has 0 aliphatic carbocycles. The maximum atomic E-state index is 5.84. The van der Waals surface area contributed by atoms with Crippen LogP contribution in [0.1, 0.15) is 11.1 Å². The van der Waals surface area contributed by atoms with E-state index in [0.717, 1.165) is 17.7 Å². The van der Waals surface area contributed by atoms with Crippen molar-refractivity contribution in [2.45, 2.75) is 6.42 Å². The van der Waals surface area contributed by atoms with E-state index in [0.29, 0.717) is 12.4 Å². The maximum absolute atomic E-state index is 5.84. The highest BCUT2D eigenvalue weighted by Crippen LogP contribution is 2.27. The standard InChI is InChI=1S/C18H18N4O2/c1-23-18-11-16(12-21-22-13-19-20-14-22)7-8-17(18)24-10-9-15-5-3-2-4-6-15/h2-8,11-14H,9-10H2,1H3/b21-12+. The Labute approximate surface area is 140 Å². The van der Waals surface area contributed by atoms with Crippen LogP contribution < -0.4 is 9.47 Å². The second kappa shape index (κ2) is 7.92. The van der Waals surface area contributed by atoms with Crippen LogP contribution in [0.2, 0.25) is 0 Å². The quantitative estimate of drug-likeness (QED) is 0.628. The highest BCUT2D eigenvalue weighted by atomic mass is 16.5. The zero-order valence-corrected chi connectivity index (χ0v) is 13.4. The molecule has 0 aliphatic heterocycles. The van der Waals surface area contributed by atoms with Gasteiger partial charge in [-0.05, 0) is 29.3 Å². The molecule has 0 bridgehead atoms. The summed E-state index contributed by atoms with van der Waals surface area (Å²) >= 11 is 0. The van der Waals surface area contributed by atoms with Crippen LogP contribution in [0.25, 0.3) is 0 Å². The minimum absolute atomic E-state index is 0.592. The van der Waals surface area contributed by atoms with Gasteiger partial charge in [0.05, 0.1) is 19.9 Å². The molecule has 0 atom stereocenters. The van der Waals surface area contributed by atoms with Gasteiger partial charge >= 0.3 is 0 Å². The first-order valence-corrected chi connectivity index (χ1v) is 7.59. The van der Waals surface area contributed by atoms with Crippen molar-refractivity contribution in [3.63, 3.8) is 0 Å². The van der Waals surface area contributed by atoms with E-state index >= 15 is 0 Å². The fourth-order valence-corrected chi connectivity index (χ4v) is 2.20. The number of nitrogens with zero attached hydrogens (tertiary/aromatic N) is 4. The van der Waals surface area contributed by atoms with Crippen molar-refractivity contribution >= 4 is 6.21 Å². The lowest BCUT2D eigenvalue weighted by molar-refractivity contribution is 0.297. The molecule has 0 saturated heterocycles. The molecule has 1 aromatic heterocycles. The molecule has 0 radical (unpaired) electrons. The van der Waals surface area contributed by atoms with Gasteiger partial charge < -0.3 is 9.47 Å². The van der Waals surface area contributed by atoms with Crippen molar-refractivity contribution in [2.75, 3.05) is 13.7 Å². The number of methoxy groups -OCH3 is 1. The number of hydrogen-bond acceptors (Lipinski definition) is 5. The Kier molecular flexibility index (Phi) is 5.19. The zero-order chi connectivity index (χ0) is 16.6. The average molecular weight is 322 g/mol. The molecule has 6 heteroatoms. The molecule has 24 heavy (non-hydrogen) atoms. The number of aromatic nitrogens is 3. The molecule has 0 aliphatic rings. The third-order valence-electron chi connectivity index (χ3n) is 3.43. The third-order valence-corrected chi connectivity index (χ3v) is 3.43. The first-order valence-electron chi connectivity index (χ1n) is 7.59. The minimum atomic E-state index is 0.592. The predicted molar refractivity (Wildman–Crippen MR) is 91.6 cm³/mol. The Morgan fingerprint density at radius 2 is 1.83 bits per heavy atom. The van der Waals surface area contributed by atoms with Crippen LogP contribution in [0.15, 0.2) is 66.3 Å². The Hall–Kier alpha value is -3.15. The fourth-order valence-electron chi connectivity index (χ4n) is 2.20. The van der Waals surface area contributed by atoms with Gasteiger partial charge in [0.15, 0.2) is 11.5 Å². The molecule has 0 N–H and O–H groups in total. The zero-order valence-electron chi connectivity index (χ0n) is 13.4. The number of hydrogen-bond donors (Lipinski definition) is 0. The third kappa shape index (κ3) is 4.19. The smallest absolute Gasteiger partial charge is 0.161 e. The summed E-state index contributed by atoms with van der Waals surface area (Å²) in [5.41, 5.74) is 2.14. The molecule has 2 aromatic carbocycles. The molecule has 122 valence electrons. The van der Waals surface area contributed by atoms with Crippen LogP contribution in [-0.2, 0) is 6.42 Å². The van der Waals surface area contributed by atoms with Gasteiger partial charge in [-0.25, -0.2) is 4.68 Å². The van der Waals surface area contributed by atoms with Gasteiger partial charge in [0, 0.05) is 6.42 Å². The Morgan fingerprint density at radius 3 is 2.58 bits per heavy atom. The van der Waals surface area contributed by atoms with Gasteiger partial charge in [0.1, 0.15) is 12.7 Å². The number of rotatable bonds is 7. The summed E-state index contributed by atoms with van der Waals surface area (Å²) in [5.74, 6) is 1.39. The van der Waals surface area contributed by atoms with Crippen molar-refractivity contribution in [2.24, 2.45) is 5.10 Å². The Balaban J connectivity index is 1.63. The van der Waals surface area contributed by atoms with Crippen LogP contribution in [0.5, 0.6) is 11.5 Å². The molecule has 0 amide bonds. The van der Waals surface area contributed by atoms with Crippen molar-refractivity contribution in [3.8, 4) is 11.5 Å².